The minimum Gasteiger partial charge on any atom is -0.461 e. The molecule has 4 rings (SSSR count). The number of esters is 1. The van der Waals surface area contributed by atoms with Crippen molar-refractivity contribution in [3.05, 3.63) is 89.3 Å². The maximum absolute atomic E-state index is 13.3. The Morgan fingerprint density at radius 2 is 1.79 bits per heavy atom. The van der Waals surface area contributed by atoms with Crippen LogP contribution in [0.15, 0.2) is 60.8 Å². The summed E-state index contributed by atoms with van der Waals surface area (Å²) in [6.45, 7) is 5.73. The van der Waals surface area contributed by atoms with Crippen molar-refractivity contribution in [2.45, 2.75) is 27.2 Å². The van der Waals surface area contributed by atoms with Crippen LogP contribution < -0.4 is 5.32 Å². The van der Waals surface area contributed by atoms with E-state index in [1.165, 1.54) is 12.1 Å². The standard InChI is InChI=1S/C25H24FN5O3/c1-4-34-25(33)23-12-13-30(29-23)21-7-5-6-19(14-21)27-24(32)15-22-16(2)28-31(17(22)3)20-10-8-18(26)9-11-20/h5-14H,4,15H2,1-3H3,(H,27,32). The van der Waals surface area contributed by atoms with Crippen LogP contribution in [0.2, 0.25) is 0 Å². The molecule has 1 N–H and O–H groups in total. The summed E-state index contributed by atoms with van der Waals surface area (Å²) in [6.07, 6.45) is 1.79. The van der Waals surface area contributed by atoms with E-state index in [1.807, 2.05) is 19.9 Å². The van der Waals surface area contributed by atoms with Crippen molar-refractivity contribution in [3.63, 3.8) is 0 Å². The molecule has 0 saturated heterocycles. The van der Waals surface area contributed by atoms with Gasteiger partial charge in [-0.25, -0.2) is 18.5 Å². The number of rotatable bonds is 7. The monoisotopic (exact) mass is 461 g/mol. The number of carbonyl (C=O) groups is 2. The van der Waals surface area contributed by atoms with E-state index in [-0.39, 0.29) is 30.4 Å². The molecule has 2 aromatic heterocycles. The molecule has 0 atom stereocenters. The van der Waals surface area contributed by atoms with Gasteiger partial charge in [0.2, 0.25) is 5.91 Å². The van der Waals surface area contributed by atoms with E-state index < -0.39 is 5.97 Å². The van der Waals surface area contributed by atoms with E-state index >= 15 is 0 Å². The van der Waals surface area contributed by atoms with Crippen molar-refractivity contribution in [1.82, 2.24) is 19.6 Å². The first kappa shape index (κ1) is 22.9. The van der Waals surface area contributed by atoms with Crippen LogP contribution in [0, 0.1) is 19.7 Å². The largest absolute Gasteiger partial charge is 0.461 e. The molecule has 2 aromatic carbocycles. The molecule has 0 radical (unpaired) electrons. The second kappa shape index (κ2) is 9.70. The van der Waals surface area contributed by atoms with Gasteiger partial charge in [0, 0.05) is 23.1 Å². The van der Waals surface area contributed by atoms with E-state index in [0.717, 1.165) is 22.6 Å². The third-order valence-corrected chi connectivity index (χ3v) is 5.32. The molecule has 0 fully saturated rings. The number of ether oxygens (including phenoxy) is 1. The number of hydrogen-bond donors (Lipinski definition) is 1. The SMILES string of the molecule is CCOC(=O)c1ccn(-c2cccc(NC(=O)Cc3c(C)nn(-c4ccc(F)cc4)c3C)c2)n1. The Morgan fingerprint density at radius 1 is 1.03 bits per heavy atom. The fourth-order valence-electron chi connectivity index (χ4n) is 3.64. The normalized spacial score (nSPS) is 10.8. The van der Waals surface area contributed by atoms with Gasteiger partial charge < -0.3 is 10.1 Å². The van der Waals surface area contributed by atoms with Crippen LogP contribution in [0.4, 0.5) is 10.1 Å². The molecule has 4 aromatic rings. The number of aromatic nitrogens is 4. The number of nitrogens with zero attached hydrogens (tertiary/aromatic N) is 4. The van der Waals surface area contributed by atoms with Gasteiger partial charge >= 0.3 is 5.97 Å². The highest BCUT2D eigenvalue weighted by Gasteiger charge is 2.17. The molecule has 0 unspecified atom stereocenters. The van der Waals surface area contributed by atoms with Gasteiger partial charge in [-0.15, -0.1) is 0 Å². The van der Waals surface area contributed by atoms with Gasteiger partial charge in [-0.3, -0.25) is 4.79 Å². The Kier molecular flexibility index (Phi) is 6.53. The topological polar surface area (TPSA) is 91.0 Å². The molecule has 0 aliphatic rings. The number of benzene rings is 2. The number of aryl methyl sites for hydroxylation is 1. The molecule has 9 heteroatoms. The van der Waals surface area contributed by atoms with Gasteiger partial charge in [-0.2, -0.15) is 10.2 Å². The van der Waals surface area contributed by atoms with Crippen LogP contribution in [-0.2, 0) is 16.0 Å². The third-order valence-electron chi connectivity index (χ3n) is 5.32. The zero-order valence-corrected chi connectivity index (χ0v) is 19.1. The van der Waals surface area contributed by atoms with Crippen LogP contribution in [0.25, 0.3) is 11.4 Å². The summed E-state index contributed by atoms with van der Waals surface area (Å²) in [6, 6.07) is 14.8. The molecular formula is C25H24FN5O3. The van der Waals surface area contributed by atoms with Crippen molar-refractivity contribution in [1.29, 1.82) is 0 Å². The molecule has 174 valence electrons. The molecule has 0 aliphatic heterocycles. The van der Waals surface area contributed by atoms with Crippen LogP contribution in [0.3, 0.4) is 0 Å². The lowest BCUT2D eigenvalue weighted by Crippen LogP contribution is -2.15. The molecule has 0 saturated carbocycles. The number of anilines is 1. The number of halogens is 1. The summed E-state index contributed by atoms with van der Waals surface area (Å²) in [5.41, 5.74) is 4.57. The second-order valence-electron chi connectivity index (χ2n) is 7.68. The van der Waals surface area contributed by atoms with Gasteiger partial charge in [0.15, 0.2) is 5.69 Å². The zero-order valence-electron chi connectivity index (χ0n) is 19.1. The lowest BCUT2D eigenvalue weighted by atomic mass is 10.1. The van der Waals surface area contributed by atoms with E-state index in [9.17, 15) is 14.0 Å². The molecule has 0 spiro atoms. The first-order valence-electron chi connectivity index (χ1n) is 10.8. The summed E-state index contributed by atoms with van der Waals surface area (Å²) in [5.74, 6) is -1.01. The molecule has 34 heavy (non-hydrogen) atoms. The highest BCUT2D eigenvalue weighted by atomic mass is 19.1. The predicted molar refractivity (Wildman–Crippen MR) is 125 cm³/mol. The van der Waals surface area contributed by atoms with Gasteiger partial charge in [0.25, 0.3) is 0 Å². The summed E-state index contributed by atoms with van der Waals surface area (Å²) in [7, 11) is 0. The third kappa shape index (κ3) is 4.88. The minimum absolute atomic E-state index is 0.137. The molecular weight excluding hydrogens is 437 g/mol. The lowest BCUT2D eigenvalue weighted by Gasteiger charge is -2.09. The van der Waals surface area contributed by atoms with Crippen molar-refractivity contribution in [2.75, 3.05) is 11.9 Å². The van der Waals surface area contributed by atoms with Gasteiger partial charge in [0.05, 0.1) is 30.1 Å². The van der Waals surface area contributed by atoms with Crippen molar-refractivity contribution >= 4 is 17.6 Å². The average Bonchev–Trinajstić information content (AvgIpc) is 3.41. The van der Waals surface area contributed by atoms with Gasteiger partial charge in [-0.1, -0.05) is 6.07 Å². The highest BCUT2D eigenvalue weighted by molar-refractivity contribution is 5.93. The number of nitrogens with one attached hydrogen (secondary N) is 1. The second-order valence-corrected chi connectivity index (χ2v) is 7.68. The number of amides is 1. The van der Waals surface area contributed by atoms with E-state index in [2.05, 4.69) is 15.5 Å². The Morgan fingerprint density at radius 3 is 2.53 bits per heavy atom. The maximum Gasteiger partial charge on any atom is 0.358 e. The van der Waals surface area contributed by atoms with Crippen molar-refractivity contribution in [3.8, 4) is 11.4 Å². The fourth-order valence-corrected chi connectivity index (χ4v) is 3.64. The van der Waals surface area contributed by atoms with E-state index in [0.29, 0.717) is 11.4 Å². The maximum atomic E-state index is 13.3. The summed E-state index contributed by atoms with van der Waals surface area (Å²) >= 11 is 0. The van der Waals surface area contributed by atoms with E-state index in [1.54, 1.807) is 58.9 Å². The Hall–Kier alpha value is -4.27. The quantitative estimate of drug-likeness (QED) is 0.417. The Bertz CT molecular complexity index is 1340. The highest BCUT2D eigenvalue weighted by Crippen LogP contribution is 2.20. The van der Waals surface area contributed by atoms with Gasteiger partial charge in [0.1, 0.15) is 5.82 Å². The van der Waals surface area contributed by atoms with Crippen molar-refractivity contribution in [2.24, 2.45) is 0 Å². The minimum atomic E-state index is -0.488. The first-order valence-corrected chi connectivity index (χ1v) is 10.8. The Balaban J connectivity index is 1.48. The predicted octanol–water partition coefficient (Wildman–Crippen LogP) is 4.17. The summed E-state index contributed by atoms with van der Waals surface area (Å²) in [5, 5.41) is 11.7. The van der Waals surface area contributed by atoms with E-state index in [4.69, 9.17) is 4.74 Å². The van der Waals surface area contributed by atoms with Crippen LogP contribution in [0.1, 0.15) is 34.4 Å². The smallest absolute Gasteiger partial charge is 0.358 e. The van der Waals surface area contributed by atoms with Crippen LogP contribution >= 0.6 is 0 Å². The van der Waals surface area contributed by atoms with Gasteiger partial charge in [-0.05, 0) is 69.3 Å². The molecule has 0 aliphatic carbocycles. The molecule has 0 bridgehead atoms. The van der Waals surface area contributed by atoms with Crippen LogP contribution in [0.5, 0.6) is 0 Å². The average molecular weight is 461 g/mol. The zero-order chi connectivity index (χ0) is 24.2. The molecule has 1 amide bonds. The number of carbonyl (C=O) groups excluding carboxylic acids is 2. The lowest BCUT2D eigenvalue weighted by molar-refractivity contribution is -0.115. The number of hydrogen-bond acceptors (Lipinski definition) is 5. The Labute approximate surface area is 196 Å². The molecule has 8 nitrogen and oxygen atoms in total. The summed E-state index contributed by atoms with van der Waals surface area (Å²) < 4.78 is 21.5. The van der Waals surface area contributed by atoms with Crippen LogP contribution in [-0.4, -0.2) is 38.0 Å². The van der Waals surface area contributed by atoms with Crippen molar-refractivity contribution < 1.29 is 18.7 Å². The fraction of sp³-hybridized carbons (Fsp3) is 0.200. The summed E-state index contributed by atoms with van der Waals surface area (Å²) in [4.78, 5) is 24.7. The molecule has 2 heterocycles. The first-order chi connectivity index (χ1) is 16.4.